The normalized spacial score (nSPS) is 24.3. The van der Waals surface area contributed by atoms with Crippen LogP contribution in [-0.2, 0) is 6.40 Å². The van der Waals surface area contributed by atoms with E-state index < -0.39 is 48.4 Å². The van der Waals surface area contributed by atoms with Crippen LogP contribution in [0.5, 0.6) is 5.75 Å². The second-order valence-electron chi connectivity index (χ2n) is 1.57. The van der Waals surface area contributed by atoms with Gasteiger partial charge in [-0.05, 0) is 30.5 Å². The highest BCUT2D eigenvalue weighted by Crippen LogP contribution is 2.09. The smallest absolute Gasteiger partial charge is 0.115 e. The van der Waals surface area contributed by atoms with E-state index in [1.54, 1.807) is 0 Å². The molecule has 0 spiro atoms. The van der Waals surface area contributed by atoms with Crippen molar-refractivity contribution in [3.05, 3.63) is 29.7 Å². The average Bonchev–Trinajstić information content (AvgIpc) is 2.22. The number of aromatic hydroxyl groups is 1. The van der Waals surface area contributed by atoms with Crippen molar-refractivity contribution in [2.24, 2.45) is 5.73 Å². The molecule has 1 rings (SSSR count). The SMILES string of the molecule is [2H]c1c([2H])c(C([2H])C([2H])([2H])N)c([2H])c([2H])c1O. The molecule has 54 valence electrons. The highest BCUT2D eigenvalue weighted by atomic mass is 16.3. The van der Waals surface area contributed by atoms with Gasteiger partial charge in [0.05, 0.1) is 5.48 Å². The summed E-state index contributed by atoms with van der Waals surface area (Å²) in [6, 6.07) is -2.72. The zero-order valence-electron chi connectivity index (χ0n) is 12.1. The maximum absolute atomic E-state index is 9.28. The molecule has 2 nitrogen and oxygen atoms in total. The van der Waals surface area contributed by atoms with Gasteiger partial charge < -0.3 is 10.8 Å². The summed E-state index contributed by atoms with van der Waals surface area (Å²) in [5.74, 6) is -0.825. The Morgan fingerprint density at radius 2 is 2.10 bits per heavy atom. The minimum absolute atomic E-state index is 0.467. The minimum Gasteiger partial charge on any atom is -0.508 e. The number of benzene rings is 1. The van der Waals surface area contributed by atoms with Crippen LogP contribution < -0.4 is 5.73 Å². The van der Waals surface area contributed by atoms with Gasteiger partial charge in [-0.15, -0.1) is 0 Å². The van der Waals surface area contributed by atoms with Crippen molar-refractivity contribution < 1.29 is 14.7 Å². The third-order valence-electron chi connectivity index (χ3n) is 0.859. The van der Waals surface area contributed by atoms with Gasteiger partial charge in [0.2, 0.25) is 0 Å². The van der Waals surface area contributed by atoms with Crippen LogP contribution in [0.1, 0.15) is 15.2 Å². The van der Waals surface area contributed by atoms with Crippen molar-refractivity contribution in [3.8, 4) is 5.75 Å². The summed E-state index contributed by atoms with van der Waals surface area (Å²) in [5, 5.41) is 9.28. The number of hydrogen-bond donors (Lipinski definition) is 2. The number of rotatable bonds is 2. The van der Waals surface area contributed by atoms with Crippen LogP contribution in [0.3, 0.4) is 0 Å². The van der Waals surface area contributed by atoms with Gasteiger partial charge in [0.15, 0.2) is 0 Å². The lowest BCUT2D eigenvalue weighted by molar-refractivity contribution is 0.475. The quantitative estimate of drug-likeness (QED) is 0.647. The first kappa shape index (κ1) is 2.24. The second-order valence-corrected chi connectivity index (χ2v) is 1.57. The topological polar surface area (TPSA) is 46.2 Å². The molecule has 0 bridgehead atoms. The van der Waals surface area contributed by atoms with Gasteiger partial charge in [-0.1, -0.05) is 12.1 Å². The Hall–Kier alpha value is -1.02. The van der Waals surface area contributed by atoms with Crippen molar-refractivity contribution in [1.29, 1.82) is 0 Å². The van der Waals surface area contributed by atoms with Gasteiger partial charge in [-0.2, -0.15) is 0 Å². The van der Waals surface area contributed by atoms with E-state index >= 15 is 0 Å². The predicted molar refractivity (Wildman–Crippen MR) is 40.9 cm³/mol. The Morgan fingerprint density at radius 1 is 1.50 bits per heavy atom. The van der Waals surface area contributed by atoms with Crippen LogP contribution in [0.15, 0.2) is 24.2 Å². The van der Waals surface area contributed by atoms with Crippen LogP contribution in [0, 0.1) is 0 Å². The molecule has 0 aliphatic carbocycles. The molecule has 0 saturated heterocycles. The molecular formula is C8H11NO. The summed E-state index contributed by atoms with van der Waals surface area (Å²) in [5.41, 5.74) is 4.61. The molecule has 1 aromatic carbocycles. The fourth-order valence-corrected chi connectivity index (χ4v) is 0.471. The highest BCUT2D eigenvalue weighted by Gasteiger charge is 1.89. The summed E-state index contributed by atoms with van der Waals surface area (Å²) in [6.45, 7) is -2.50. The number of hydrogen-bond acceptors (Lipinski definition) is 2. The monoisotopic (exact) mass is 144 g/mol. The minimum atomic E-state index is -2.50. The van der Waals surface area contributed by atoms with E-state index in [0.717, 1.165) is 0 Å². The molecule has 1 aromatic rings. The first-order valence-electron chi connectivity index (χ1n) is 6.17. The van der Waals surface area contributed by atoms with Gasteiger partial charge >= 0.3 is 0 Å². The van der Waals surface area contributed by atoms with E-state index in [4.69, 9.17) is 15.3 Å². The average molecular weight is 144 g/mol. The molecule has 1 unspecified atom stereocenters. The molecule has 0 radical (unpaired) electrons. The first-order valence-corrected chi connectivity index (χ1v) is 2.59. The lowest BCUT2D eigenvalue weighted by Crippen LogP contribution is -2.01. The highest BCUT2D eigenvalue weighted by molar-refractivity contribution is 5.25. The molecule has 2 heteroatoms. The Kier molecular flexibility index (Phi) is 0.722. The molecule has 0 heterocycles. The molecule has 1 atom stereocenters. The Labute approximate surface area is 70.1 Å². The standard InChI is InChI=1S/C8H11NO/c9-6-5-7-1-3-8(10)4-2-7/h1-4,10H,5-6,9H2/i1D,2D,3D,4D,5D,6D2. The second kappa shape index (κ2) is 3.22. The Bertz CT molecular complexity index is 427. The third kappa shape index (κ3) is 1.74. The first-order chi connectivity index (χ1) is 7.59. The zero-order chi connectivity index (χ0) is 13.5. The molecule has 0 aliphatic rings. The van der Waals surface area contributed by atoms with E-state index in [0.29, 0.717) is 0 Å². The Morgan fingerprint density at radius 3 is 2.60 bits per heavy atom. The van der Waals surface area contributed by atoms with Crippen LogP contribution in [0.2, 0.25) is 0 Å². The van der Waals surface area contributed by atoms with E-state index in [-0.39, 0.29) is 0 Å². The molecule has 0 aromatic heterocycles. The van der Waals surface area contributed by atoms with Crippen molar-refractivity contribution in [1.82, 2.24) is 0 Å². The largest absolute Gasteiger partial charge is 0.508 e. The lowest BCUT2D eigenvalue weighted by atomic mass is 10.1. The number of phenolic OH excluding ortho intramolecular Hbond substituents is 1. The summed E-state index contributed by atoms with van der Waals surface area (Å²) in [7, 11) is 0. The van der Waals surface area contributed by atoms with E-state index in [2.05, 4.69) is 0 Å². The van der Waals surface area contributed by atoms with E-state index in [1.807, 2.05) is 0 Å². The molecule has 3 N–H and O–H groups in total. The summed E-state index contributed by atoms with van der Waals surface area (Å²) in [4.78, 5) is 0. The Balaban J connectivity index is 3.55. The fourth-order valence-electron chi connectivity index (χ4n) is 0.471. The van der Waals surface area contributed by atoms with Crippen LogP contribution in [-0.4, -0.2) is 11.6 Å². The lowest BCUT2D eigenvalue weighted by Gasteiger charge is -1.96. The molecule has 10 heavy (non-hydrogen) atoms. The summed E-state index contributed by atoms with van der Waals surface area (Å²) in [6.07, 6.45) is -1.77. The van der Waals surface area contributed by atoms with Gasteiger partial charge in [0.25, 0.3) is 0 Å². The van der Waals surface area contributed by atoms with Crippen LogP contribution in [0.4, 0.5) is 0 Å². The maximum Gasteiger partial charge on any atom is 0.115 e. The van der Waals surface area contributed by atoms with E-state index in [1.165, 1.54) is 0 Å². The van der Waals surface area contributed by atoms with Gasteiger partial charge in [0, 0.05) is 4.11 Å². The summed E-state index contributed by atoms with van der Waals surface area (Å²) < 4.78 is 51.5. The molecule has 0 amide bonds. The van der Waals surface area contributed by atoms with Gasteiger partial charge in [-0.3, -0.25) is 0 Å². The molecule has 0 aliphatic heterocycles. The van der Waals surface area contributed by atoms with Crippen molar-refractivity contribution in [2.45, 2.75) is 6.40 Å². The number of nitrogens with two attached hydrogens (primary N) is 1. The molecule has 0 saturated carbocycles. The van der Waals surface area contributed by atoms with Gasteiger partial charge in [-0.25, -0.2) is 0 Å². The number of phenols is 1. The summed E-state index contributed by atoms with van der Waals surface area (Å²) >= 11 is 0. The van der Waals surface area contributed by atoms with Crippen LogP contribution in [0.25, 0.3) is 0 Å². The maximum atomic E-state index is 9.28. The predicted octanol–water partition coefficient (Wildman–Crippen LogP) is 0.893. The van der Waals surface area contributed by atoms with Gasteiger partial charge in [0.1, 0.15) is 5.75 Å². The van der Waals surface area contributed by atoms with Crippen molar-refractivity contribution in [2.75, 3.05) is 6.50 Å². The van der Waals surface area contributed by atoms with E-state index in [9.17, 15) is 5.11 Å². The third-order valence-corrected chi connectivity index (χ3v) is 0.859. The fraction of sp³-hybridized carbons (Fsp3) is 0.250. The molecule has 0 fully saturated rings. The molecular weight excluding hydrogens is 126 g/mol. The van der Waals surface area contributed by atoms with Crippen molar-refractivity contribution in [3.63, 3.8) is 0 Å². The van der Waals surface area contributed by atoms with Crippen LogP contribution >= 0.6 is 0 Å². The van der Waals surface area contributed by atoms with Crippen molar-refractivity contribution >= 4 is 0 Å². The zero-order valence-corrected chi connectivity index (χ0v) is 5.10.